The van der Waals surface area contributed by atoms with Gasteiger partial charge in [0.05, 0.1) is 19.5 Å². The Kier molecular flexibility index (Phi) is 23.8. The average molecular weight is 1000 g/mol. The smallest absolute Gasteiger partial charge is 0.386 e. The lowest BCUT2D eigenvalue weighted by Crippen LogP contribution is -2.46. The fourth-order valence-corrected chi connectivity index (χ4v) is 9.88. The molecule has 0 spiro atoms. The van der Waals surface area contributed by atoms with Crippen molar-refractivity contribution in [3.63, 3.8) is 0 Å². The molecule has 0 aromatic carbocycles. The number of nitrogens with zero attached hydrogens (tertiary/aromatic N) is 4. The topological polar surface area (TPSA) is 364 Å². The van der Waals surface area contributed by atoms with Crippen LogP contribution in [-0.2, 0) is 50.7 Å². The summed E-state index contributed by atoms with van der Waals surface area (Å²) in [7, 11) is -16.4. The van der Waals surface area contributed by atoms with Crippen molar-refractivity contribution < 1.29 is 80.5 Å². The number of aromatic nitrogens is 4. The summed E-state index contributed by atoms with van der Waals surface area (Å²) in [5, 5.41) is 26.5. The van der Waals surface area contributed by atoms with Gasteiger partial charge in [0.25, 0.3) is 0 Å². The summed E-state index contributed by atoms with van der Waals surface area (Å²) in [6.07, 6.45) is 10.9. The Labute approximate surface area is 381 Å². The van der Waals surface area contributed by atoms with Gasteiger partial charge in [0.15, 0.2) is 22.8 Å². The Morgan fingerprint density at radius 1 is 0.938 bits per heavy atom. The maximum atomic E-state index is 12.7. The number of phosphoric acid groups is 3. The van der Waals surface area contributed by atoms with Gasteiger partial charge in [0.2, 0.25) is 11.8 Å². The number of unbranched alkanes of at least 4 members (excludes halogenated alkanes) is 10. The standard InChI is InChI=1S/C37H64N7O17P3S/c1-4-5-6-7-8-9-10-11-12-13-14-15-16-17-28(46)65-21-20-39-27(45)18-19-40-35(49)32(48)37(2,3)23-58-64(55,56)61-63(53,54)57-22-26-31(60-62(50,51)52)30(47)36(59-26)44-25-43-29-33(38)41-24-42-34(29)44/h15-16,24-26,30-32,36,47-48H,4-14,17-23H2,1-3H3,(H,39,45)(H,40,49)(H,53,54)(H,55,56)(H2,38,41,42)(H2,50,51,52)/b16-15+/t26-,30-,31-,32+,36-/m1/s1. The highest BCUT2D eigenvalue weighted by Crippen LogP contribution is 2.61. The van der Waals surface area contributed by atoms with Gasteiger partial charge in [-0.2, -0.15) is 4.31 Å². The second-order valence-electron chi connectivity index (χ2n) is 15.9. The van der Waals surface area contributed by atoms with E-state index in [1.165, 1.54) is 71.6 Å². The molecule has 2 unspecified atom stereocenters. The van der Waals surface area contributed by atoms with Crippen LogP contribution in [0, 0.1) is 5.41 Å². The maximum absolute atomic E-state index is 12.7. The molecule has 1 saturated heterocycles. The van der Waals surface area contributed by atoms with Gasteiger partial charge in [-0.05, 0) is 12.8 Å². The van der Waals surface area contributed by atoms with E-state index in [2.05, 4.69) is 41.3 Å². The Bertz CT molecular complexity index is 2010. The second kappa shape index (κ2) is 27.3. The van der Waals surface area contributed by atoms with Crippen LogP contribution in [0.25, 0.3) is 11.2 Å². The average Bonchev–Trinajstić information content (AvgIpc) is 3.79. The lowest BCUT2D eigenvalue weighted by molar-refractivity contribution is -0.137. The van der Waals surface area contributed by atoms with Gasteiger partial charge in [0, 0.05) is 37.1 Å². The second-order valence-corrected chi connectivity index (χ2v) is 21.3. The molecule has 0 aliphatic carbocycles. The number of aliphatic hydroxyl groups is 2. The van der Waals surface area contributed by atoms with Crippen LogP contribution in [0.1, 0.15) is 110 Å². The fraction of sp³-hybridized carbons (Fsp3) is 0.730. The minimum atomic E-state index is -5.57. The van der Waals surface area contributed by atoms with Crippen LogP contribution < -0.4 is 16.4 Å². The first-order valence-corrected chi connectivity index (χ1v) is 26.8. The number of nitrogen functional groups attached to an aromatic ring is 1. The van der Waals surface area contributed by atoms with Crippen LogP contribution in [0.2, 0.25) is 0 Å². The van der Waals surface area contributed by atoms with Crippen molar-refractivity contribution in [3.8, 4) is 0 Å². The van der Waals surface area contributed by atoms with E-state index in [0.29, 0.717) is 12.2 Å². The summed E-state index contributed by atoms with van der Waals surface area (Å²) in [5.41, 5.74) is 4.28. The van der Waals surface area contributed by atoms with Gasteiger partial charge in [-0.3, -0.25) is 32.5 Å². The molecule has 28 heteroatoms. The molecule has 3 heterocycles. The number of imidazole rings is 1. The molecule has 65 heavy (non-hydrogen) atoms. The highest BCUT2D eigenvalue weighted by Gasteiger charge is 2.50. The van der Waals surface area contributed by atoms with Gasteiger partial charge in [0.1, 0.15) is 36.3 Å². The predicted octanol–water partition coefficient (Wildman–Crippen LogP) is 3.92. The molecule has 1 fully saturated rings. The van der Waals surface area contributed by atoms with Crippen molar-refractivity contribution in [2.75, 3.05) is 37.8 Å². The molecular formula is C37H64N7O17P3S. The van der Waals surface area contributed by atoms with Crippen LogP contribution in [0.5, 0.6) is 0 Å². The molecule has 1 aliphatic rings. The maximum Gasteiger partial charge on any atom is 0.481 e. The van der Waals surface area contributed by atoms with E-state index in [4.69, 9.17) is 19.5 Å². The van der Waals surface area contributed by atoms with Crippen molar-refractivity contribution in [2.24, 2.45) is 5.41 Å². The number of allylic oxidation sites excluding steroid dienone is 2. The van der Waals surface area contributed by atoms with E-state index >= 15 is 0 Å². The van der Waals surface area contributed by atoms with E-state index in [1.807, 2.05) is 12.2 Å². The largest absolute Gasteiger partial charge is 0.481 e. The molecule has 2 amide bonds. The first-order chi connectivity index (χ1) is 30.6. The summed E-state index contributed by atoms with van der Waals surface area (Å²) >= 11 is 1.10. The monoisotopic (exact) mass is 1000 g/mol. The summed E-state index contributed by atoms with van der Waals surface area (Å²) in [4.78, 5) is 88.2. The van der Waals surface area contributed by atoms with Gasteiger partial charge < -0.3 is 50.9 Å². The lowest BCUT2D eigenvalue weighted by atomic mass is 9.87. The number of hydrogen-bond acceptors (Lipinski definition) is 18. The minimum Gasteiger partial charge on any atom is -0.386 e. The fourth-order valence-electron chi connectivity index (χ4n) is 6.40. The number of phosphoric ester groups is 3. The van der Waals surface area contributed by atoms with Gasteiger partial charge in [-0.25, -0.2) is 28.6 Å². The van der Waals surface area contributed by atoms with Crippen LogP contribution in [0.15, 0.2) is 24.8 Å². The highest BCUT2D eigenvalue weighted by atomic mass is 32.2. The molecule has 0 saturated carbocycles. The van der Waals surface area contributed by atoms with Crippen LogP contribution in [0.4, 0.5) is 5.82 Å². The number of thioether (sulfide) groups is 1. The van der Waals surface area contributed by atoms with Gasteiger partial charge >= 0.3 is 23.5 Å². The van der Waals surface area contributed by atoms with Crippen molar-refractivity contribution in [2.45, 2.75) is 135 Å². The zero-order valence-corrected chi connectivity index (χ0v) is 40.2. The third-order valence-corrected chi connectivity index (χ3v) is 13.9. The van der Waals surface area contributed by atoms with E-state index in [1.54, 1.807) is 0 Å². The molecule has 24 nitrogen and oxygen atoms in total. The quantitative estimate of drug-likeness (QED) is 0.0285. The number of aliphatic hydroxyl groups excluding tert-OH is 2. The third kappa shape index (κ3) is 20.6. The van der Waals surface area contributed by atoms with Crippen LogP contribution in [0.3, 0.4) is 0 Å². The zero-order chi connectivity index (χ0) is 48.3. The number of carbonyl (C=O) groups is 3. The number of rotatable bonds is 32. The molecule has 7 atom stereocenters. The Balaban J connectivity index is 1.34. The number of nitrogens with two attached hydrogens (primary N) is 1. The number of fused-ring (bicyclic) bond motifs is 1. The van der Waals surface area contributed by atoms with Gasteiger partial charge in [-0.1, -0.05) is 102 Å². The van der Waals surface area contributed by atoms with E-state index in [0.717, 1.165) is 41.8 Å². The van der Waals surface area contributed by atoms with E-state index in [-0.39, 0.29) is 41.6 Å². The van der Waals surface area contributed by atoms with Gasteiger partial charge in [-0.15, -0.1) is 0 Å². The molecule has 2 aromatic heterocycles. The summed E-state index contributed by atoms with van der Waals surface area (Å²) in [6, 6.07) is 0. The molecule has 370 valence electrons. The molecule has 1 aliphatic heterocycles. The summed E-state index contributed by atoms with van der Waals surface area (Å²) in [6.45, 7) is 2.75. The SMILES string of the molecule is CCCCCCCCCCCC/C=C/CC(=O)SCCNC(=O)CCNC(=O)[C@H](O)C(C)(C)COP(=O)(O)OP(=O)(O)OC[C@H]1O[C@@H](n2cnc3c(N)ncnc32)[C@H](O)[C@@H]1OP(=O)(O)O. The van der Waals surface area contributed by atoms with Crippen LogP contribution in [-0.4, -0.2) is 123 Å². The van der Waals surface area contributed by atoms with E-state index in [9.17, 15) is 57.9 Å². The molecule has 0 radical (unpaired) electrons. The molecule has 10 N–H and O–H groups in total. The minimum absolute atomic E-state index is 0.0181. The number of ether oxygens (including phenoxy) is 1. The first kappa shape index (κ1) is 56.6. The lowest BCUT2D eigenvalue weighted by Gasteiger charge is -2.30. The zero-order valence-electron chi connectivity index (χ0n) is 36.7. The number of amides is 2. The molecule has 0 bridgehead atoms. The van der Waals surface area contributed by atoms with E-state index < -0.39 is 84.6 Å². The Morgan fingerprint density at radius 3 is 2.25 bits per heavy atom. The van der Waals surface area contributed by atoms with Crippen LogP contribution >= 0.6 is 35.2 Å². The van der Waals surface area contributed by atoms with Crippen molar-refractivity contribution in [3.05, 3.63) is 24.8 Å². The number of hydrogen-bond donors (Lipinski definition) is 9. The van der Waals surface area contributed by atoms with Crippen molar-refractivity contribution >= 4 is 69.1 Å². The number of nitrogens with one attached hydrogen (secondary N) is 2. The Hall–Kier alpha value is -2.70. The third-order valence-electron chi connectivity index (χ3n) is 9.94. The highest BCUT2D eigenvalue weighted by molar-refractivity contribution is 8.13. The Morgan fingerprint density at radius 2 is 1.58 bits per heavy atom. The normalized spacial score (nSPS) is 20.4. The van der Waals surface area contributed by atoms with Crippen molar-refractivity contribution in [1.82, 2.24) is 30.2 Å². The molecule has 2 aromatic rings. The molecular weight excluding hydrogens is 939 g/mol. The number of anilines is 1. The van der Waals surface area contributed by atoms with Crippen molar-refractivity contribution in [1.29, 1.82) is 0 Å². The number of carbonyl (C=O) groups excluding carboxylic acids is 3. The first-order valence-electron chi connectivity index (χ1n) is 21.3. The predicted molar refractivity (Wildman–Crippen MR) is 237 cm³/mol. The molecule has 3 rings (SSSR count). The summed E-state index contributed by atoms with van der Waals surface area (Å²) < 4.78 is 62.4. The summed E-state index contributed by atoms with van der Waals surface area (Å²) in [5.74, 6) is -1.07.